The third-order valence-electron chi connectivity index (χ3n) is 3.31. The fraction of sp³-hybridized carbons (Fsp3) is 0.833. The molecule has 1 fully saturated rings. The molecule has 16 heavy (non-hydrogen) atoms. The van der Waals surface area contributed by atoms with Crippen LogP contribution in [-0.2, 0) is 9.53 Å². The van der Waals surface area contributed by atoms with Gasteiger partial charge in [0.1, 0.15) is 5.41 Å². The van der Waals surface area contributed by atoms with Crippen LogP contribution in [0.2, 0.25) is 0 Å². The van der Waals surface area contributed by atoms with E-state index in [-0.39, 0.29) is 11.4 Å². The van der Waals surface area contributed by atoms with Crippen LogP contribution in [-0.4, -0.2) is 24.7 Å². The maximum Gasteiger partial charge on any atom is 0.240 e. The molecule has 4 heteroatoms. The molecule has 2 atom stereocenters. The van der Waals surface area contributed by atoms with E-state index in [0.717, 1.165) is 19.4 Å². The maximum atomic E-state index is 12.0. The molecule has 1 N–H and O–H groups in total. The lowest BCUT2D eigenvalue weighted by Crippen LogP contribution is -2.55. The molecule has 0 aromatic heterocycles. The predicted molar refractivity (Wildman–Crippen MR) is 60.6 cm³/mol. The summed E-state index contributed by atoms with van der Waals surface area (Å²) < 4.78 is 5.37. The largest absolute Gasteiger partial charge is 0.379 e. The maximum absolute atomic E-state index is 12.0. The van der Waals surface area contributed by atoms with Gasteiger partial charge in [-0.25, -0.2) is 0 Å². The number of hydrogen-bond donors (Lipinski definition) is 1. The van der Waals surface area contributed by atoms with E-state index in [4.69, 9.17) is 10.00 Å². The van der Waals surface area contributed by atoms with Crippen LogP contribution in [0.15, 0.2) is 0 Å². The fourth-order valence-corrected chi connectivity index (χ4v) is 1.73. The molecule has 1 rings (SSSR count). The molecule has 0 radical (unpaired) electrons. The molecular formula is C12H20N2O2. The Labute approximate surface area is 97.0 Å². The molecule has 1 aliphatic rings. The summed E-state index contributed by atoms with van der Waals surface area (Å²) in [4.78, 5) is 12.0. The number of ether oxygens (including phenoxy) is 1. The zero-order valence-corrected chi connectivity index (χ0v) is 10.3. The summed E-state index contributed by atoms with van der Waals surface area (Å²) in [5.74, 6) is -0.189. The first-order valence-electron chi connectivity index (χ1n) is 5.77. The van der Waals surface area contributed by atoms with Crippen molar-refractivity contribution in [1.82, 2.24) is 5.32 Å². The summed E-state index contributed by atoms with van der Waals surface area (Å²) in [5, 5.41) is 12.0. The SMILES string of the molecule is CCC(C)(C#N)C(=O)NC1(C)CCCOC1. The van der Waals surface area contributed by atoms with Crippen molar-refractivity contribution in [3.05, 3.63) is 0 Å². The molecular weight excluding hydrogens is 204 g/mol. The van der Waals surface area contributed by atoms with Crippen molar-refractivity contribution >= 4 is 5.91 Å². The Morgan fingerprint density at radius 1 is 1.69 bits per heavy atom. The molecule has 0 aromatic rings. The standard InChI is InChI=1S/C12H20N2O2/c1-4-11(2,8-13)10(15)14-12(3)6-5-7-16-9-12/h4-7,9H2,1-3H3,(H,14,15). The smallest absolute Gasteiger partial charge is 0.240 e. The van der Waals surface area contributed by atoms with Crippen LogP contribution in [0.4, 0.5) is 0 Å². The Balaban J connectivity index is 2.66. The summed E-state index contributed by atoms with van der Waals surface area (Å²) >= 11 is 0. The summed E-state index contributed by atoms with van der Waals surface area (Å²) in [6, 6.07) is 2.08. The number of rotatable bonds is 3. The first-order valence-corrected chi connectivity index (χ1v) is 5.77. The van der Waals surface area contributed by atoms with Crippen molar-refractivity contribution in [3.8, 4) is 6.07 Å². The molecule has 1 saturated heterocycles. The minimum absolute atomic E-state index is 0.189. The number of amides is 1. The third kappa shape index (κ3) is 2.73. The van der Waals surface area contributed by atoms with Gasteiger partial charge in [0.15, 0.2) is 0 Å². The Hall–Kier alpha value is -1.08. The molecule has 1 heterocycles. The van der Waals surface area contributed by atoms with E-state index in [2.05, 4.69) is 11.4 Å². The van der Waals surface area contributed by atoms with Crippen molar-refractivity contribution in [3.63, 3.8) is 0 Å². The lowest BCUT2D eigenvalue weighted by molar-refractivity contribution is -0.131. The van der Waals surface area contributed by atoms with Gasteiger partial charge in [-0.2, -0.15) is 5.26 Å². The zero-order valence-electron chi connectivity index (χ0n) is 10.3. The molecule has 0 aromatic carbocycles. The monoisotopic (exact) mass is 224 g/mol. The van der Waals surface area contributed by atoms with Gasteiger partial charge in [-0.15, -0.1) is 0 Å². The molecule has 1 amide bonds. The van der Waals surface area contributed by atoms with E-state index in [1.54, 1.807) is 6.92 Å². The minimum atomic E-state index is -0.930. The Morgan fingerprint density at radius 3 is 2.81 bits per heavy atom. The summed E-state index contributed by atoms with van der Waals surface area (Å²) in [6.45, 7) is 6.79. The quantitative estimate of drug-likeness (QED) is 0.792. The third-order valence-corrected chi connectivity index (χ3v) is 3.31. The highest BCUT2D eigenvalue weighted by atomic mass is 16.5. The van der Waals surface area contributed by atoms with Crippen LogP contribution in [0.5, 0.6) is 0 Å². The van der Waals surface area contributed by atoms with Crippen molar-refractivity contribution in [1.29, 1.82) is 5.26 Å². The van der Waals surface area contributed by atoms with Gasteiger partial charge in [0.25, 0.3) is 0 Å². The van der Waals surface area contributed by atoms with Crippen LogP contribution in [0.3, 0.4) is 0 Å². The number of hydrogen-bond acceptors (Lipinski definition) is 3. The predicted octanol–water partition coefficient (Wildman–Crippen LogP) is 1.61. The van der Waals surface area contributed by atoms with Crippen molar-refractivity contribution < 1.29 is 9.53 Å². The van der Waals surface area contributed by atoms with Gasteiger partial charge in [-0.3, -0.25) is 4.79 Å². The second kappa shape index (κ2) is 4.84. The number of nitrogens with zero attached hydrogens (tertiary/aromatic N) is 1. The van der Waals surface area contributed by atoms with Gasteiger partial charge in [0.2, 0.25) is 5.91 Å². The van der Waals surface area contributed by atoms with Crippen molar-refractivity contribution in [2.45, 2.75) is 45.6 Å². The molecule has 0 aliphatic carbocycles. The first-order chi connectivity index (χ1) is 7.46. The van der Waals surface area contributed by atoms with Gasteiger partial charge in [0, 0.05) is 6.61 Å². The minimum Gasteiger partial charge on any atom is -0.379 e. The number of nitriles is 1. The van der Waals surface area contributed by atoms with Gasteiger partial charge < -0.3 is 10.1 Å². The highest BCUT2D eigenvalue weighted by Crippen LogP contribution is 2.24. The fourth-order valence-electron chi connectivity index (χ4n) is 1.73. The molecule has 90 valence electrons. The molecule has 4 nitrogen and oxygen atoms in total. The van der Waals surface area contributed by atoms with E-state index < -0.39 is 5.41 Å². The summed E-state index contributed by atoms with van der Waals surface area (Å²) in [5.41, 5.74) is -1.25. The average Bonchev–Trinajstić information content (AvgIpc) is 2.28. The summed E-state index contributed by atoms with van der Waals surface area (Å²) in [6.07, 6.45) is 2.38. The Morgan fingerprint density at radius 2 is 2.38 bits per heavy atom. The van der Waals surface area contributed by atoms with Gasteiger partial charge in [-0.1, -0.05) is 6.92 Å². The second-order valence-corrected chi connectivity index (χ2v) is 4.97. The normalized spacial score (nSPS) is 28.9. The van der Waals surface area contributed by atoms with Gasteiger partial charge in [-0.05, 0) is 33.1 Å². The van der Waals surface area contributed by atoms with E-state index >= 15 is 0 Å². The molecule has 1 aliphatic heterocycles. The van der Waals surface area contributed by atoms with Crippen LogP contribution in [0, 0.1) is 16.7 Å². The Kier molecular flexibility index (Phi) is 3.93. The highest BCUT2D eigenvalue weighted by Gasteiger charge is 2.37. The van der Waals surface area contributed by atoms with E-state index in [0.29, 0.717) is 13.0 Å². The second-order valence-electron chi connectivity index (χ2n) is 4.97. The lowest BCUT2D eigenvalue weighted by atomic mass is 9.86. The van der Waals surface area contributed by atoms with E-state index in [1.807, 2.05) is 13.8 Å². The summed E-state index contributed by atoms with van der Waals surface area (Å²) in [7, 11) is 0. The highest BCUT2D eigenvalue weighted by molar-refractivity contribution is 5.85. The number of carbonyl (C=O) groups excluding carboxylic acids is 1. The number of carbonyl (C=O) groups is 1. The molecule has 0 spiro atoms. The van der Waals surface area contributed by atoms with Gasteiger partial charge in [0.05, 0.1) is 18.2 Å². The average molecular weight is 224 g/mol. The van der Waals surface area contributed by atoms with Crippen LogP contribution >= 0.6 is 0 Å². The van der Waals surface area contributed by atoms with Crippen LogP contribution < -0.4 is 5.32 Å². The topological polar surface area (TPSA) is 62.1 Å². The molecule has 0 saturated carbocycles. The zero-order chi connectivity index (χ0) is 12.2. The van der Waals surface area contributed by atoms with Crippen molar-refractivity contribution in [2.24, 2.45) is 5.41 Å². The van der Waals surface area contributed by atoms with Gasteiger partial charge >= 0.3 is 0 Å². The lowest BCUT2D eigenvalue weighted by Gasteiger charge is -2.36. The first kappa shape index (κ1) is 13.0. The van der Waals surface area contributed by atoms with Crippen molar-refractivity contribution in [2.75, 3.05) is 13.2 Å². The molecule has 2 unspecified atom stereocenters. The van der Waals surface area contributed by atoms with Crippen LogP contribution in [0.1, 0.15) is 40.0 Å². The van der Waals surface area contributed by atoms with E-state index in [1.165, 1.54) is 0 Å². The molecule has 0 bridgehead atoms. The van der Waals surface area contributed by atoms with Crippen LogP contribution in [0.25, 0.3) is 0 Å². The van der Waals surface area contributed by atoms with E-state index in [9.17, 15) is 4.79 Å². The Bertz CT molecular complexity index is 303. The number of nitrogens with one attached hydrogen (secondary N) is 1.